The molecule has 18 heteroatoms. The summed E-state index contributed by atoms with van der Waals surface area (Å²) >= 11 is 0. The minimum Gasteiger partial charge on any atom is -0.432 e. The standard InChI is InChI=1S/C38H60O18/c1-15-10-38-8-5-21-36(2,6-4-7-37(21,3)35(50)56-33-30(49)27(46)24(43)19(13-40)53-33)22(38)9-17(16(15)11-38)51-34-31(28(47)25(44)20(14-41)54-34)55-32-29(48)26(45)23(42)18(12-39)52-32/h16-34,39-49H,1,4-14H2,2-3H3/t16-,17+,18+,19-,20+,21+,22+,23+,24-,25+,26-,27+,28-,29+,30-,31+,32-,33+,34-,36+,37+,38+/m0/s1. The van der Waals surface area contributed by atoms with Crippen molar-refractivity contribution in [3.8, 4) is 0 Å². The van der Waals surface area contributed by atoms with Gasteiger partial charge in [0.2, 0.25) is 6.29 Å². The summed E-state index contributed by atoms with van der Waals surface area (Å²) in [5.74, 6) is -0.943. The quantitative estimate of drug-likeness (QED) is 0.0626. The van der Waals surface area contributed by atoms with Crippen molar-refractivity contribution in [1.82, 2.24) is 0 Å². The second kappa shape index (κ2) is 15.9. The van der Waals surface area contributed by atoms with Crippen LogP contribution in [0.5, 0.6) is 0 Å². The molecule has 0 radical (unpaired) electrons. The number of rotatable bonds is 9. The Kier molecular flexibility index (Phi) is 12.1. The second-order valence-corrected chi connectivity index (χ2v) is 17.9. The zero-order valence-corrected chi connectivity index (χ0v) is 31.7. The molecule has 7 rings (SSSR count). The van der Waals surface area contributed by atoms with E-state index >= 15 is 0 Å². The van der Waals surface area contributed by atoms with Gasteiger partial charge in [-0.15, -0.1) is 0 Å². The molecule has 0 unspecified atom stereocenters. The molecular weight excluding hydrogens is 744 g/mol. The van der Waals surface area contributed by atoms with Crippen LogP contribution in [-0.2, 0) is 33.2 Å². The van der Waals surface area contributed by atoms with Crippen molar-refractivity contribution in [1.29, 1.82) is 0 Å². The van der Waals surface area contributed by atoms with Gasteiger partial charge in [0.15, 0.2) is 12.6 Å². The van der Waals surface area contributed by atoms with Crippen LogP contribution in [0.2, 0.25) is 0 Å². The van der Waals surface area contributed by atoms with Gasteiger partial charge in [-0.2, -0.15) is 0 Å². The molecule has 0 aromatic carbocycles. The minimum absolute atomic E-state index is 0.00788. The van der Waals surface area contributed by atoms with E-state index < -0.39 is 135 Å². The van der Waals surface area contributed by atoms with E-state index in [1.165, 1.54) is 0 Å². The van der Waals surface area contributed by atoms with Crippen LogP contribution in [0.3, 0.4) is 0 Å². The molecule has 320 valence electrons. The van der Waals surface area contributed by atoms with E-state index in [4.69, 9.17) is 28.4 Å². The fourth-order valence-corrected chi connectivity index (χ4v) is 11.9. The zero-order valence-electron chi connectivity index (χ0n) is 31.7. The van der Waals surface area contributed by atoms with Crippen molar-refractivity contribution < 1.29 is 89.4 Å². The highest BCUT2D eigenvalue weighted by atomic mass is 16.8. The number of carbonyl (C=O) groups is 1. The first kappa shape index (κ1) is 42.7. The van der Waals surface area contributed by atoms with Gasteiger partial charge in [0.05, 0.1) is 31.3 Å². The molecule has 3 saturated heterocycles. The number of hydrogen-bond donors (Lipinski definition) is 11. The Hall–Kier alpha value is -1.43. The number of fused-ring (bicyclic) bond motifs is 3. The van der Waals surface area contributed by atoms with Gasteiger partial charge in [-0.25, -0.2) is 0 Å². The van der Waals surface area contributed by atoms with Gasteiger partial charge >= 0.3 is 5.97 Å². The normalized spacial score (nSPS) is 54.6. The number of aliphatic hydroxyl groups is 11. The maximum Gasteiger partial charge on any atom is 0.314 e. The minimum atomic E-state index is -1.81. The molecule has 22 atom stereocenters. The summed E-state index contributed by atoms with van der Waals surface area (Å²) in [6.07, 6.45) is -18.9. The first-order valence-electron chi connectivity index (χ1n) is 19.9. The highest BCUT2D eigenvalue weighted by Crippen LogP contribution is 2.72. The van der Waals surface area contributed by atoms with Gasteiger partial charge in [0, 0.05) is 5.92 Å². The average Bonchev–Trinajstić information content (AvgIpc) is 3.44. The van der Waals surface area contributed by atoms with Gasteiger partial charge in [0.1, 0.15) is 73.2 Å². The molecule has 0 aromatic rings. The summed E-state index contributed by atoms with van der Waals surface area (Å²) in [6, 6.07) is 0. The van der Waals surface area contributed by atoms with Gasteiger partial charge < -0.3 is 84.6 Å². The van der Waals surface area contributed by atoms with Crippen molar-refractivity contribution in [3.05, 3.63) is 12.2 Å². The largest absolute Gasteiger partial charge is 0.432 e. The monoisotopic (exact) mass is 804 g/mol. The second-order valence-electron chi connectivity index (χ2n) is 17.9. The molecule has 4 saturated carbocycles. The molecule has 3 aliphatic heterocycles. The van der Waals surface area contributed by atoms with Gasteiger partial charge in [0.25, 0.3) is 0 Å². The fraction of sp³-hybridized carbons (Fsp3) is 0.921. The summed E-state index contributed by atoms with van der Waals surface area (Å²) in [7, 11) is 0. The summed E-state index contributed by atoms with van der Waals surface area (Å²) in [5.41, 5.74) is -0.627. The van der Waals surface area contributed by atoms with Gasteiger partial charge in [-0.1, -0.05) is 25.5 Å². The summed E-state index contributed by atoms with van der Waals surface area (Å²) in [5, 5.41) is 114. The Balaban J connectivity index is 1.13. The third kappa shape index (κ3) is 6.88. The van der Waals surface area contributed by atoms with E-state index in [-0.39, 0.29) is 23.2 Å². The maximum absolute atomic E-state index is 14.2. The van der Waals surface area contributed by atoms with Crippen LogP contribution in [0.15, 0.2) is 12.2 Å². The predicted molar refractivity (Wildman–Crippen MR) is 186 cm³/mol. The van der Waals surface area contributed by atoms with Gasteiger partial charge in [-0.3, -0.25) is 4.79 Å². The first-order valence-corrected chi connectivity index (χ1v) is 19.9. The van der Waals surface area contributed by atoms with Crippen LogP contribution in [0, 0.1) is 34.0 Å². The fourth-order valence-electron chi connectivity index (χ4n) is 11.9. The topological polar surface area (TPSA) is 295 Å². The number of aliphatic hydroxyl groups excluding tert-OH is 11. The smallest absolute Gasteiger partial charge is 0.314 e. The lowest BCUT2D eigenvalue weighted by molar-refractivity contribution is -0.374. The van der Waals surface area contributed by atoms with Crippen molar-refractivity contribution in [2.45, 2.75) is 163 Å². The van der Waals surface area contributed by atoms with Crippen LogP contribution in [0.4, 0.5) is 0 Å². The highest BCUT2D eigenvalue weighted by Gasteiger charge is 2.68. The third-order valence-corrected chi connectivity index (χ3v) is 14.9. The lowest BCUT2D eigenvalue weighted by Gasteiger charge is -2.64. The molecule has 7 fully saturated rings. The predicted octanol–water partition coefficient (Wildman–Crippen LogP) is -3.08. The number of carbonyl (C=O) groups excluding carboxylic acids is 1. The van der Waals surface area contributed by atoms with Crippen molar-refractivity contribution >= 4 is 5.97 Å². The van der Waals surface area contributed by atoms with Crippen LogP contribution < -0.4 is 0 Å². The van der Waals surface area contributed by atoms with E-state index in [1.807, 2.05) is 6.92 Å². The number of hydrogen-bond acceptors (Lipinski definition) is 18. The molecule has 56 heavy (non-hydrogen) atoms. The van der Waals surface area contributed by atoms with Crippen LogP contribution in [-0.4, -0.2) is 180 Å². The Bertz CT molecular complexity index is 1430. The molecule has 3 heterocycles. The Morgan fingerprint density at radius 3 is 1.86 bits per heavy atom. The number of ether oxygens (including phenoxy) is 6. The van der Waals surface area contributed by atoms with E-state index in [9.17, 15) is 61.0 Å². The molecule has 0 aromatic heterocycles. The Morgan fingerprint density at radius 1 is 0.696 bits per heavy atom. The van der Waals surface area contributed by atoms with Crippen molar-refractivity contribution in [2.75, 3.05) is 19.8 Å². The Morgan fingerprint density at radius 2 is 1.25 bits per heavy atom. The molecular formula is C38H60O18. The maximum atomic E-state index is 14.2. The van der Waals surface area contributed by atoms with Crippen LogP contribution in [0.1, 0.15) is 65.2 Å². The molecule has 0 amide bonds. The zero-order chi connectivity index (χ0) is 40.6. The molecule has 2 bridgehead atoms. The SMILES string of the molecule is C=C1C[C@@]23CC[C@@H]4[C@@](C)(CCC[C@@]4(C)C(=O)O[C@H]4O[C@@H](CO)[C@H](O)[C@@H](O)[C@@H]4O)[C@H]2C[C@@H](O[C@H]2O[C@H](CO)[C@@H](O)[C@H](O)[C@H]2O[C@@H]2O[C@H](CO)[C@@H](O)[C@H](O)[C@H]2O)[C@H]1C3. The average molecular weight is 805 g/mol. The first-order chi connectivity index (χ1) is 26.4. The Labute approximate surface area is 324 Å². The van der Waals surface area contributed by atoms with Crippen LogP contribution in [0.25, 0.3) is 0 Å². The van der Waals surface area contributed by atoms with E-state index in [0.717, 1.165) is 31.3 Å². The van der Waals surface area contributed by atoms with Crippen LogP contribution >= 0.6 is 0 Å². The lowest BCUT2D eigenvalue weighted by Crippen LogP contribution is -2.65. The molecule has 4 aliphatic carbocycles. The molecule has 7 aliphatic rings. The lowest BCUT2D eigenvalue weighted by atomic mass is 9.41. The van der Waals surface area contributed by atoms with Crippen molar-refractivity contribution in [3.63, 3.8) is 0 Å². The molecule has 18 nitrogen and oxygen atoms in total. The molecule has 1 spiro atoms. The van der Waals surface area contributed by atoms with E-state index in [0.29, 0.717) is 25.7 Å². The third-order valence-electron chi connectivity index (χ3n) is 14.9. The summed E-state index contributed by atoms with van der Waals surface area (Å²) in [4.78, 5) is 14.2. The summed E-state index contributed by atoms with van der Waals surface area (Å²) in [6.45, 7) is 6.43. The van der Waals surface area contributed by atoms with Crippen molar-refractivity contribution in [2.24, 2.45) is 34.0 Å². The van der Waals surface area contributed by atoms with E-state index in [2.05, 4.69) is 13.5 Å². The van der Waals surface area contributed by atoms with Gasteiger partial charge in [-0.05, 0) is 74.5 Å². The number of esters is 1. The molecule has 11 N–H and O–H groups in total. The highest BCUT2D eigenvalue weighted by molar-refractivity contribution is 5.77. The summed E-state index contributed by atoms with van der Waals surface area (Å²) < 4.78 is 35.5. The van der Waals surface area contributed by atoms with E-state index in [1.54, 1.807) is 0 Å².